The van der Waals surface area contributed by atoms with Crippen LogP contribution in [0.15, 0.2) is 75.2 Å². The summed E-state index contributed by atoms with van der Waals surface area (Å²) < 4.78 is 13.5. The van der Waals surface area contributed by atoms with E-state index in [0.717, 1.165) is 33.0 Å². The Labute approximate surface area is 252 Å². The van der Waals surface area contributed by atoms with E-state index in [0.29, 0.717) is 19.3 Å². The van der Waals surface area contributed by atoms with Crippen LogP contribution in [0.5, 0.6) is 0 Å². The van der Waals surface area contributed by atoms with Crippen LogP contribution in [0.25, 0.3) is 10.2 Å². The van der Waals surface area contributed by atoms with E-state index in [1.807, 2.05) is 37.3 Å². The van der Waals surface area contributed by atoms with Crippen molar-refractivity contribution in [3.05, 3.63) is 72.2 Å². The van der Waals surface area contributed by atoms with Gasteiger partial charge in [-0.25, -0.2) is 9.78 Å². The van der Waals surface area contributed by atoms with Gasteiger partial charge in [0.25, 0.3) is 0 Å². The summed E-state index contributed by atoms with van der Waals surface area (Å²) in [7, 11) is 0. The Morgan fingerprint density at radius 1 is 1.19 bits per heavy atom. The molecule has 1 N–H and O–H groups in total. The predicted octanol–water partition coefficient (Wildman–Crippen LogP) is 6.43. The molecule has 218 valence electrons. The van der Waals surface area contributed by atoms with Crippen molar-refractivity contribution in [3.63, 3.8) is 0 Å². The first-order valence-corrected chi connectivity index (χ1v) is 16.4. The summed E-state index contributed by atoms with van der Waals surface area (Å²) in [6.45, 7) is 4.16. The number of para-hydroxylation sites is 1. The lowest BCUT2D eigenvalue weighted by molar-refractivity contribution is -0.176. The van der Waals surface area contributed by atoms with Crippen LogP contribution in [0.3, 0.4) is 0 Å². The number of benzene rings is 1. The maximum atomic E-state index is 14.4. The number of furan rings is 1. The standard InChI is InChI=1S/C33H33NO6S2/c1-31-13-11-20(35)16-19(31)9-10-21-22-12-14-33(32(22,2)17-24(36)28(21)31,40-29(38)25-7-5-15-39-25)27(37)18-41-30-34-23-6-3-4-8-26(23)42-30/h3-8,11,13,15-16,21-22,24,28,36H,9-10,12,14,17-18H2,1-2H3/t21?,22?,24-,28?,31?,32?,33-/m0/s1. The number of carbonyl (C=O) groups excluding carboxylic acids is 3. The van der Waals surface area contributed by atoms with Crippen LogP contribution in [-0.4, -0.2) is 45.1 Å². The van der Waals surface area contributed by atoms with Crippen LogP contribution < -0.4 is 0 Å². The number of allylic oxidation sites excluding steroid dienone is 4. The second-order valence-electron chi connectivity index (χ2n) is 12.6. The minimum Gasteiger partial charge on any atom is -0.457 e. The van der Waals surface area contributed by atoms with Crippen molar-refractivity contribution < 1.29 is 28.6 Å². The highest BCUT2D eigenvalue weighted by molar-refractivity contribution is 8.01. The number of aromatic nitrogens is 1. The van der Waals surface area contributed by atoms with Crippen molar-refractivity contribution >= 4 is 50.9 Å². The quantitative estimate of drug-likeness (QED) is 0.254. The largest absolute Gasteiger partial charge is 0.457 e. The average Bonchev–Trinajstić information content (AvgIpc) is 3.70. The number of carbonyl (C=O) groups is 3. The summed E-state index contributed by atoms with van der Waals surface area (Å²) in [6.07, 6.45) is 9.05. The molecule has 0 amide bonds. The third-order valence-electron chi connectivity index (χ3n) is 10.7. The molecule has 0 radical (unpaired) electrons. The van der Waals surface area contributed by atoms with Crippen molar-refractivity contribution in [3.8, 4) is 0 Å². The molecule has 5 unspecified atom stereocenters. The van der Waals surface area contributed by atoms with E-state index in [4.69, 9.17) is 9.15 Å². The lowest BCUT2D eigenvalue weighted by Gasteiger charge is -2.59. The zero-order valence-electron chi connectivity index (χ0n) is 23.6. The number of Topliss-reactive ketones (excluding diaryl/α,β-unsaturated/α-hetero) is 1. The van der Waals surface area contributed by atoms with E-state index < -0.39 is 28.5 Å². The molecule has 42 heavy (non-hydrogen) atoms. The van der Waals surface area contributed by atoms with Gasteiger partial charge in [-0.15, -0.1) is 11.3 Å². The van der Waals surface area contributed by atoms with Crippen molar-refractivity contribution in [1.82, 2.24) is 4.98 Å². The molecule has 0 bridgehead atoms. The number of hydrogen-bond acceptors (Lipinski definition) is 9. The second kappa shape index (κ2) is 10.0. The SMILES string of the molecule is CC12C=CC(=O)C=C1CCC1C2[C@@H](O)CC2(C)C1CC[C@]2(OC(=O)c1ccco1)C(=O)CSc1nc2ccccc2s1. The van der Waals surface area contributed by atoms with Crippen LogP contribution in [0.1, 0.15) is 56.5 Å². The van der Waals surface area contributed by atoms with Gasteiger partial charge in [0.15, 0.2) is 21.5 Å². The molecule has 4 aliphatic carbocycles. The molecular formula is C33H33NO6S2. The second-order valence-corrected chi connectivity index (χ2v) is 14.9. The van der Waals surface area contributed by atoms with Gasteiger partial charge in [-0.2, -0.15) is 0 Å². The first-order chi connectivity index (χ1) is 20.1. The van der Waals surface area contributed by atoms with Crippen molar-refractivity contribution in [1.29, 1.82) is 0 Å². The van der Waals surface area contributed by atoms with Gasteiger partial charge in [-0.1, -0.05) is 49.4 Å². The van der Waals surface area contributed by atoms with Crippen LogP contribution in [0.2, 0.25) is 0 Å². The summed E-state index contributed by atoms with van der Waals surface area (Å²) in [6, 6.07) is 11.0. The molecular weight excluding hydrogens is 570 g/mol. The Morgan fingerprint density at radius 3 is 2.81 bits per heavy atom. The van der Waals surface area contributed by atoms with Crippen molar-refractivity contribution in [2.75, 3.05) is 5.75 Å². The van der Waals surface area contributed by atoms with Crippen LogP contribution in [0, 0.1) is 28.6 Å². The molecule has 0 saturated heterocycles. The maximum Gasteiger partial charge on any atom is 0.375 e. The van der Waals surface area contributed by atoms with Gasteiger partial charge in [0, 0.05) is 16.7 Å². The van der Waals surface area contributed by atoms with E-state index in [2.05, 4.69) is 11.9 Å². The number of hydrogen-bond donors (Lipinski definition) is 1. The number of aliphatic hydroxyl groups is 1. The van der Waals surface area contributed by atoms with Crippen molar-refractivity contribution in [2.45, 2.75) is 62.0 Å². The molecule has 9 heteroatoms. The number of ketones is 2. The molecule has 3 aromatic rings. The Morgan fingerprint density at radius 2 is 2.02 bits per heavy atom. The van der Waals surface area contributed by atoms with Crippen LogP contribution >= 0.6 is 23.1 Å². The molecule has 7 nitrogen and oxygen atoms in total. The van der Waals surface area contributed by atoms with Crippen LogP contribution in [-0.2, 0) is 14.3 Å². The van der Waals surface area contributed by atoms with Gasteiger partial charge in [-0.05, 0) is 80.4 Å². The number of thioether (sulfide) groups is 1. The van der Waals surface area contributed by atoms with Crippen molar-refractivity contribution in [2.24, 2.45) is 28.6 Å². The number of esters is 1. The van der Waals surface area contributed by atoms with E-state index >= 15 is 0 Å². The topological polar surface area (TPSA) is 107 Å². The third kappa shape index (κ3) is 4.11. The molecule has 0 spiro atoms. The Bertz CT molecular complexity index is 1610. The molecule has 2 aromatic heterocycles. The minimum atomic E-state index is -1.41. The summed E-state index contributed by atoms with van der Waals surface area (Å²) >= 11 is 2.91. The molecule has 4 aliphatic rings. The highest BCUT2D eigenvalue weighted by Gasteiger charge is 2.70. The van der Waals surface area contributed by atoms with Gasteiger partial charge in [0.05, 0.1) is 28.3 Å². The Balaban J connectivity index is 1.23. The van der Waals surface area contributed by atoms with Gasteiger partial charge in [-0.3, -0.25) is 9.59 Å². The Hall–Kier alpha value is -3.01. The van der Waals surface area contributed by atoms with Gasteiger partial charge in [0.2, 0.25) is 5.76 Å². The zero-order valence-corrected chi connectivity index (χ0v) is 25.2. The monoisotopic (exact) mass is 603 g/mol. The first kappa shape index (κ1) is 27.8. The molecule has 1 aromatic carbocycles. The fourth-order valence-electron chi connectivity index (χ4n) is 8.76. The van der Waals surface area contributed by atoms with E-state index in [1.54, 1.807) is 35.6 Å². The molecule has 3 saturated carbocycles. The fourth-order valence-corrected chi connectivity index (χ4v) is 10.8. The normalized spacial score (nSPS) is 35.3. The molecule has 2 heterocycles. The van der Waals surface area contributed by atoms with Gasteiger partial charge in [0.1, 0.15) is 0 Å². The molecule has 0 aliphatic heterocycles. The predicted molar refractivity (Wildman–Crippen MR) is 160 cm³/mol. The molecule has 7 atom stereocenters. The summed E-state index contributed by atoms with van der Waals surface area (Å²) in [5, 5.41) is 11.9. The van der Waals surface area contributed by atoms with E-state index in [1.165, 1.54) is 18.0 Å². The highest BCUT2D eigenvalue weighted by Crippen LogP contribution is 2.68. The Kier molecular flexibility index (Phi) is 6.64. The van der Waals surface area contributed by atoms with Gasteiger partial charge >= 0.3 is 5.97 Å². The highest BCUT2D eigenvalue weighted by atomic mass is 32.2. The lowest BCUT2D eigenvalue weighted by Crippen LogP contribution is -2.62. The maximum absolute atomic E-state index is 14.4. The minimum absolute atomic E-state index is 0.00277. The number of rotatable bonds is 6. The van der Waals surface area contributed by atoms with E-state index in [9.17, 15) is 19.5 Å². The smallest absolute Gasteiger partial charge is 0.375 e. The zero-order chi connectivity index (χ0) is 29.3. The number of fused-ring (bicyclic) bond motifs is 6. The summed E-state index contributed by atoms with van der Waals surface area (Å²) in [5.74, 6) is -0.559. The van der Waals surface area contributed by atoms with Crippen LogP contribution in [0.4, 0.5) is 0 Å². The first-order valence-electron chi connectivity index (χ1n) is 14.6. The number of nitrogens with zero attached hydrogens (tertiary/aromatic N) is 1. The summed E-state index contributed by atoms with van der Waals surface area (Å²) in [4.78, 5) is 44.7. The fraction of sp³-hybridized carbons (Fsp3) is 0.455. The number of aliphatic hydroxyl groups excluding tert-OH is 1. The lowest BCUT2D eigenvalue weighted by atomic mass is 9.46. The number of thiazole rings is 1. The third-order valence-corrected chi connectivity index (χ3v) is 12.8. The average molecular weight is 604 g/mol. The molecule has 3 fully saturated rings. The van der Waals surface area contributed by atoms with Gasteiger partial charge < -0.3 is 14.3 Å². The summed E-state index contributed by atoms with van der Waals surface area (Å²) in [5.41, 5.74) is -0.626. The molecule has 7 rings (SSSR count). The van der Waals surface area contributed by atoms with E-state index in [-0.39, 0.29) is 40.8 Å². The number of ether oxygens (including phenoxy) is 1.